The van der Waals surface area contributed by atoms with Gasteiger partial charge in [0, 0.05) is 5.69 Å². The fraction of sp³-hybridized carbons (Fsp3) is 0.214. The fourth-order valence-corrected chi connectivity index (χ4v) is 2.21. The van der Waals surface area contributed by atoms with Crippen molar-refractivity contribution in [2.24, 2.45) is 0 Å². The molecule has 0 amide bonds. The largest absolute Gasteiger partial charge is 0.464 e. The lowest BCUT2D eigenvalue weighted by Crippen LogP contribution is -2.14. The molecule has 2 heterocycles. The summed E-state index contributed by atoms with van der Waals surface area (Å²) in [4.78, 5) is 11.9. The van der Waals surface area contributed by atoms with Crippen LogP contribution in [0.25, 0.3) is 5.82 Å². The van der Waals surface area contributed by atoms with E-state index in [1.807, 2.05) is 0 Å². The molecule has 0 bridgehead atoms. The molecule has 0 fully saturated rings. The summed E-state index contributed by atoms with van der Waals surface area (Å²) in [5.74, 6) is -0.938. The summed E-state index contributed by atoms with van der Waals surface area (Å²) in [5, 5.41) is 17.2. The number of nitrogens with one attached hydrogen (secondary N) is 1. The number of halogens is 3. The first-order valence-corrected chi connectivity index (χ1v) is 7.33. The van der Waals surface area contributed by atoms with Gasteiger partial charge in [-0.05, 0) is 28.5 Å². The zero-order valence-corrected chi connectivity index (χ0v) is 13.7. The van der Waals surface area contributed by atoms with Crippen molar-refractivity contribution in [3.05, 3.63) is 41.2 Å². The first-order valence-electron chi connectivity index (χ1n) is 7.33. The molecule has 0 radical (unpaired) electrons. The molecule has 3 aromatic rings. The second-order valence-electron chi connectivity index (χ2n) is 5.19. The first kappa shape index (κ1) is 18.2. The number of hydrogen-bond acceptors (Lipinski definition) is 9. The first-order chi connectivity index (χ1) is 12.8. The van der Waals surface area contributed by atoms with Crippen LogP contribution in [0.15, 0.2) is 28.9 Å². The molecular formula is C14H12F3N7O3. The summed E-state index contributed by atoms with van der Waals surface area (Å²) >= 11 is 0. The standard InChI is InChI=1S/C14H12F3N7O3/c1-26-13(25)10-9(24(23-20-10)12-11(18)21-27-22-12)6-19-8-4-2-3-7(5-8)14(15,16)17/h2-5,19H,6H2,1H3,(H2,18,21). The molecule has 0 spiro atoms. The van der Waals surface area contributed by atoms with Crippen molar-refractivity contribution in [1.29, 1.82) is 0 Å². The number of anilines is 2. The summed E-state index contributed by atoms with van der Waals surface area (Å²) in [6, 6.07) is 4.56. The Morgan fingerprint density at radius 3 is 2.78 bits per heavy atom. The topological polar surface area (TPSA) is 134 Å². The third-order valence-corrected chi connectivity index (χ3v) is 3.49. The van der Waals surface area contributed by atoms with E-state index < -0.39 is 17.7 Å². The van der Waals surface area contributed by atoms with E-state index in [0.29, 0.717) is 0 Å². The van der Waals surface area contributed by atoms with Crippen LogP contribution < -0.4 is 11.1 Å². The Labute approximate surface area is 149 Å². The van der Waals surface area contributed by atoms with Crippen LogP contribution in [0.4, 0.5) is 24.7 Å². The highest BCUT2D eigenvalue weighted by Crippen LogP contribution is 2.30. The Bertz CT molecular complexity index is 967. The molecule has 0 unspecified atom stereocenters. The number of ether oxygens (including phenoxy) is 1. The van der Waals surface area contributed by atoms with Crippen LogP contribution in [0, 0.1) is 0 Å². The van der Waals surface area contributed by atoms with Gasteiger partial charge in [0.2, 0.25) is 11.6 Å². The summed E-state index contributed by atoms with van der Waals surface area (Å²) in [7, 11) is 1.15. The van der Waals surface area contributed by atoms with E-state index in [1.165, 1.54) is 12.1 Å². The Morgan fingerprint density at radius 1 is 1.37 bits per heavy atom. The number of methoxy groups -OCH3 is 1. The van der Waals surface area contributed by atoms with Crippen molar-refractivity contribution in [2.75, 3.05) is 18.2 Å². The van der Waals surface area contributed by atoms with Gasteiger partial charge in [0.1, 0.15) is 5.69 Å². The second-order valence-corrected chi connectivity index (χ2v) is 5.19. The third kappa shape index (κ3) is 3.65. The van der Waals surface area contributed by atoms with Crippen molar-refractivity contribution in [3.63, 3.8) is 0 Å². The number of esters is 1. The van der Waals surface area contributed by atoms with Crippen molar-refractivity contribution in [2.45, 2.75) is 12.7 Å². The third-order valence-electron chi connectivity index (χ3n) is 3.49. The molecule has 10 nitrogen and oxygen atoms in total. The molecular weight excluding hydrogens is 371 g/mol. The predicted molar refractivity (Wildman–Crippen MR) is 83.7 cm³/mol. The number of nitrogen functional groups attached to an aromatic ring is 1. The summed E-state index contributed by atoms with van der Waals surface area (Å²) < 4.78 is 48.7. The number of hydrogen-bond donors (Lipinski definition) is 2. The molecule has 0 aliphatic rings. The van der Waals surface area contributed by atoms with Crippen LogP contribution in [0.1, 0.15) is 21.7 Å². The molecule has 0 saturated heterocycles. The Balaban J connectivity index is 1.93. The van der Waals surface area contributed by atoms with Crippen LogP contribution in [-0.4, -0.2) is 38.4 Å². The van der Waals surface area contributed by atoms with Gasteiger partial charge in [0.05, 0.1) is 19.2 Å². The number of rotatable bonds is 5. The lowest BCUT2D eigenvalue weighted by atomic mass is 10.2. The highest BCUT2D eigenvalue weighted by atomic mass is 19.4. The van der Waals surface area contributed by atoms with Crippen molar-refractivity contribution < 1.29 is 27.3 Å². The second kappa shape index (κ2) is 6.93. The van der Waals surface area contributed by atoms with E-state index in [2.05, 4.69) is 35.3 Å². The molecule has 3 rings (SSSR count). The summed E-state index contributed by atoms with van der Waals surface area (Å²) in [5.41, 5.74) is 4.93. The van der Waals surface area contributed by atoms with Crippen molar-refractivity contribution >= 4 is 17.5 Å². The van der Waals surface area contributed by atoms with Crippen LogP contribution >= 0.6 is 0 Å². The summed E-state index contributed by atoms with van der Waals surface area (Å²) in [6.45, 7) is -0.134. The molecule has 27 heavy (non-hydrogen) atoms. The quantitative estimate of drug-likeness (QED) is 0.631. The van der Waals surface area contributed by atoms with Crippen molar-refractivity contribution in [1.82, 2.24) is 25.3 Å². The summed E-state index contributed by atoms with van der Waals surface area (Å²) in [6.07, 6.45) is -4.49. The average molecular weight is 383 g/mol. The SMILES string of the molecule is COC(=O)c1nnn(-c2nonc2N)c1CNc1cccc(C(F)(F)F)c1. The minimum atomic E-state index is -4.49. The van der Waals surface area contributed by atoms with E-state index in [-0.39, 0.29) is 35.3 Å². The van der Waals surface area contributed by atoms with Crippen LogP contribution in [0.3, 0.4) is 0 Å². The molecule has 142 valence electrons. The molecule has 0 saturated carbocycles. The highest BCUT2D eigenvalue weighted by molar-refractivity contribution is 5.88. The highest BCUT2D eigenvalue weighted by Gasteiger charge is 2.30. The van der Waals surface area contributed by atoms with E-state index in [0.717, 1.165) is 23.9 Å². The number of alkyl halides is 3. The van der Waals surface area contributed by atoms with E-state index in [1.54, 1.807) is 0 Å². The van der Waals surface area contributed by atoms with Gasteiger partial charge in [0.25, 0.3) is 0 Å². The lowest BCUT2D eigenvalue weighted by molar-refractivity contribution is -0.137. The monoisotopic (exact) mass is 383 g/mol. The van der Waals surface area contributed by atoms with Gasteiger partial charge >= 0.3 is 12.1 Å². The van der Waals surface area contributed by atoms with E-state index in [4.69, 9.17) is 5.73 Å². The maximum absolute atomic E-state index is 12.8. The normalized spacial score (nSPS) is 11.4. The van der Waals surface area contributed by atoms with Crippen LogP contribution in [0.5, 0.6) is 0 Å². The minimum absolute atomic E-state index is 0.0292. The molecule has 2 aromatic heterocycles. The van der Waals surface area contributed by atoms with E-state index >= 15 is 0 Å². The van der Waals surface area contributed by atoms with Crippen molar-refractivity contribution in [3.8, 4) is 5.82 Å². The van der Waals surface area contributed by atoms with Gasteiger partial charge in [-0.25, -0.2) is 9.42 Å². The fourth-order valence-electron chi connectivity index (χ4n) is 2.21. The van der Waals surface area contributed by atoms with Gasteiger partial charge in [-0.3, -0.25) is 0 Å². The van der Waals surface area contributed by atoms with Gasteiger partial charge in [-0.2, -0.15) is 17.9 Å². The number of carbonyl (C=O) groups is 1. The molecule has 13 heteroatoms. The maximum atomic E-state index is 12.8. The number of nitrogens with two attached hydrogens (primary N) is 1. The molecule has 0 atom stereocenters. The Hall–Kier alpha value is -3.64. The zero-order chi connectivity index (χ0) is 19.6. The van der Waals surface area contributed by atoms with Gasteiger partial charge in [-0.1, -0.05) is 11.3 Å². The van der Waals surface area contributed by atoms with Gasteiger partial charge in [0.15, 0.2) is 5.69 Å². The Kier molecular flexibility index (Phi) is 4.66. The predicted octanol–water partition coefficient (Wildman–Crippen LogP) is 1.65. The maximum Gasteiger partial charge on any atom is 0.416 e. The zero-order valence-electron chi connectivity index (χ0n) is 13.7. The minimum Gasteiger partial charge on any atom is -0.464 e. The van der Waals surface area contributed by atoms with Gasteiger partial charge < -0.3 is 15.8 Å². The van der Waals surface area contributed by atoms with Crippen LogP contribution in [-0.2, 0) is 17.5 Å². The Morgan fingerprint density at radius 2 is 2.15 bits per heavy atom. The number of benzene rings is 1. The molecule has 0 aliphatic heterocycles. The smallest absolute Gasteiger partial charge is 0.416 e. The number of nitrogens with zero attached hydrogens (tertiary/aromatic N) is 5. The van der Waals surface area contributed by atoms with E-state index in [9.17, 15) is 18.0 Å². The van der Waals surface area contributed by atoms with Gasteiger partial charge in [-0.15, -0.1) is 5.10 Å². The average Bonchev–Trinajstić information content (AvgIpc) is 3.24. The molecule has 0 aliphatic carbocycles. The molecule has 1 aromatic carbocycles. The number of carbonyl (C=O) groups excluding carboxylic acids is 1. The molecule has 3 N–H and O–H groups in total. The number of aromatic nitrogens is 5. The van der Waals surface area contributed by atoms with Crippen LogP contribution in [0.2, 0.25) is 0 Å². The lowest BCUT2D eigenvalue weighted by Gasteiger charge is -2.11.